The predicted molar refractivity (Wildman–Crippen MR) is 70.7 cm³/mol. The summed E-state index contributed by atoms with van der Waals surface area (Å²) in [5.41, 5.74) is 6.87. The van der Waals surface area contributed by atoms with Crippen molar-refractivity contribution in [1.29, 1.82) is 0 Å². The molecule has 3 aromatic rings. The molecule has 0 aliphatic carbocycles. The molecule has 0 radical (unpaired) electrons. The fourth-order valence-electron chi connectivity index (χ4n) is 2.04. The number of nitrogens with zero attached hydrogens (tertiary/aromatic N) is 2. The first-order valence-corrected chi connectivity index (χ1v) is 5.68. The maximum absolute atomic E-state index is 13.2. The summed E-state index contributed by atoms with van der Waals surface area (Å²) < 4.78 is 13.2. The molecule has 0 fully saturated rings. The fraction of sp³-hybridized carbons (Fsp3) is 0. The molecule has 1 aromatic carbocycles. The quantitative estimate of drug-likeness (QED) is 0.619. The van der Waals surface area contributed by atoms with E-state index in [1.807, 2.05) is 0 Å². The van der Waals surface area contributed by atoms with Gasteiger partial charge >= 0.3 is 5.97 Å². The number of rotatable bonds is 2. The van der Waals surface area contributed by atoms with E-state index in [4.69, 9.17) is 5.73 Å². The highest BCUT2D eigenvalue weighted by atomic mass is 19.1. The SMILES string of the molecule is Nc1cc(-c2ncnc3[nH]cc(C(=O)O)c23)ccc1F. The summed E-state index contributed by atoms with van der Waals surface area (Å²) >= 11 is 0. The number of anilines is 1. The van der Waals surface area contributed by atoms with Crippen molar-refractivity contribution in [2.24, 2.45) is 0 Å². The molecular formula is C13H9FN4O2. The standard InChI is InChI=1S/C13H9FN4O2/c14-8-2-1-6(3-9(8)15)11-10-7(13(19)20)4-16-12(10)18-5-17-11/h1-5H,15H2,(H,19,20)(H,16,17,18). The minimum absolute atomic E-state index is 0.0262. The summed E-state index contributed by atoms with van der Waals surface area (Å²) in [6.45, 7) is 0. The van der Waals surface area contributed by atoms with E-state index in [1.165, 1.54) is 30.7 Å². The number of benzene rings is 1. The second-order valence-electron chi connectivity index (χ2n) is 4.19. The number of H-pyrrole nitrogens is 1. The second-order valence-corrected chi connectivity index (χ2v) is 4.19. The number of aromatic amines is 1. The molecule has 0 spiro atoms. The fourth-order valence-corrected chi connectivity index (χ4v) is 2.04. The molecule has 3 rings (SSSR count). The molecule has 0 saturated carbocycles. The Hall–Kier alpha value is -2.96. The van der Waals surface area contributed by atoms with Gasteiger partial charge in [-0.1, -0.05) is 0 Å². The smallest absolute Gasteiger partial charge is 0.338 e. The number of carboxylic acid groups (broad SMARTS) is 1. The lowest BCUT2D eigenvalue weighted by Gasteiger charge is -2.05. The normalized spacial score (nSPS) is 10.8. The van der Waals surface area contributed by atoms with Gasteiger partial charge in [0.05, 0.1) is 22.3 Å². The number of carboxylic acids is 1. The molecule has 2 heterocycles. The zero-order valence-corrected chi connectivity index (χ0v) is 10.1. The van der Waals surface area contributed by atoms with Gasteiger partial charge in [-0.25, -0.2) is 19.2 Å². The van der Waals surface area contributed by atoms with Crippen LogP contribution < -0.4 is 5.73 Å². The van der Waals surface area contributed by atoms with E-state index in [9.17, 15) is 14.3 Å². The van der Waals surface area contributed by atoms with Crippen LogP contribution in [-0.4, -0.2) is 26.0 Å². The lowest BCUT2D eigenvalue weighted by molar-refractivity contribution is 0.0699. The van der Waals surface area contributed by atoms with Gasteiger partial charge < -0.3 is 15.8 Å². The molecule has 6 nitrogen and oxygen atoms in total. The number of hydrogen-bond donors (Lipinski definition) is 3. The van der Waals surface area contributed by atoms with Crippen molar-refractivity contribution in [3.63, 3.8) is 0 Å². The number of carbonyl (C=O) groups is 1. The van der Waals surface area contributed by atoms with Crippen molar-refractivity contribution < 1.29 is 14.3 Å². The van der Waals surface area contributed by atoms with Crippen molar-refractivity contribution in [3.8, 4) is 11.3 Å². The van der Waals surface area contributed by atoms with E-state index in [0.29, 0.717) is 22.3 Å². The van der Waals surface area contributed by atoms with E-state index >= 15 is 0 Å². The zero-order valence-electron chi connectivity index (χ0n) is 10.1. The molecule has 0 unspecified atom stereocenters. The third kappa shape index (κ3) is 1.76. The van der Waals surface area contributed by atoms with Gasteiger partial charge in [0.15, 0.2) is 0 Å². The Bertz CT molecular complexity index is 828. The number of halogens is 1. The van der Waals surface area contributed by atoms with Crippen molar-refractivity contribution in [2.45, 2.75) is 0 Å². The van der Waals surface area contributed by atoms with E-state index in [2.05, 4.69) is 15.0 Å². The van der Waals surface area contributed by atoms with Gasteiger partial charge in [-0.15, -0.1) is 0 Å². The van der Waals surface area contributed by atoms with E-state index < -0.39 is 11.8 Å². The number of aromatic nitrogens is 3. The predicted octanol–water partition coefficient (Wildman–Crippen LogP) is 2.04. The van der Waals surface area contributed by atoms with Crippen LogP contribution in [0.25, 0.3) is 22.3 Å². The summed E-state index contributed by atoms with van der Waals surface area (Å²) in [6.07, 6.45) is 2.65. The van der Waals surface area contributed by atoms with Gasteiger partial charge in [-0.2, -0.15) is 0 Å². The maximum atomic E-state index is 13.2. The summed E-state index contributed by atoms with van der Waals surface area (Å²) in [4.78, 5) is 22.1. The molecule has 4 N–H and O–H groups in total. The molecule has 0 amide bonds. The lowest BCUT2D eigenvalue weighted by Crippen LogP contribution is -1.97. The Morgan fingerprint density at radius 2 is 2.15 bits per heavy atom. The third-order valence-electron chi connectivity index (χ3n) is 2.97. The van der Waals surface area contributed by atoms with E-state index in [0.717, 1.165) is 0 Å². The first-order chi connectivity index (χ1) is 9.58. The maximum Gasteiger partial charge on any atom is 0.338 e. The Labute approximate surface area is 112 Å². The number of nitrogens with one attached hydrogen (secondary N) is 1. The van der Waals surface area contributed by atoms with E-state index in [1.54, 1.807) is 0 Å². The van der Waals surface area contributed by atoms with Crippen LogP contribution in [0.2, 0.25) is 0 Å². The van der Waals surface area contributed by atoms with Gasteiger partial charge in [0, 0.05) is 11.8 Å². The van der Waals surface area contributed by atoms with Gasteiger partial charge in [0.1, 0.15) is 17.8 Å². The Morgan fingerprint density at radius 1 is 1.35 bits per heavy atom. The van der Waals surface area contributed by atoms with Gasteiger partial charge in [0.2, 0.25) is 0 Å². The zero-order chi connectivity index (χ0) is 14.3. The summed E-state index contributed by atoms with van der Waals surface area (Å²) in [7, 11) is 0. The summed E-state index contributed by atoms with van der Waals surface area (Å²) in [6, 6.07) is 4.12. The van der Waals surface area contributed by atoms with Crippen LogP contribution in [-0.2, 0) is 0 Å². The average Bonchev–Trinajstić information content (AvgIpc) is 2.86. The monoisotopic (exact) mass is 272 g/mol. The Kier molecular flexibility index (Phi) is 2.60. The van der Waals surface area contributed by atoms with Crippen molar-refractivity contribution in [1.82, 2.24) is 15.0 Å². The van der Waals surface area contributed by atoms with Crippen LogP contribution in [0.5, 0.6) is 0 Å². The molecule has 0 aliphatic heterocycles. The Balaban J connectivity index is 2.32. The molecule has 7 heteroatoms. The van der Waals surface area contributed by atoms with Crippen LogP contribution in [0.3, 0.4) is 0 Å². The van der Waals surface area contributed by atoms with Gasteiger partial charge in [-0.05, 0) is 18.2 Å². The van der Waals surface area contributed by atoms with E-state index in [-0.39, 0.29) is 11.3 Å². The lowest BCUT2D eigenvalue weighted by atomic mass is 10.1. The molecule has 20 heavy (non-hydrogen) atoms. The van der Waals surface area contributed by atoms with Gasteiger partial charge in [0.25, 0.3) is 0 Å². The largest absolute Gasteiger partial charge is 0.478 e. The third-order valence-corrected chi connectivity index (χ3v) is 2.97. The Morgan fingerprint density at radius 3 is 2.85 bits per heavy atom. The molecule has 0 saturated heterocycles. The highest BCUT2D eigenvalue weighted by Crippen LogP contribution is 2.29. The minimum Gasteiger partial charge on any atom is -0.478 e. The average molecular weight is 272 g/mol. The second kappa shape index (κ2) is 4.30. The van der Waals surface area contributed by atoms with Crippen LogP contribution in [0, 0.1) is 5.82 Å². The summed E-state index contributed by atoms with van der Waals surface area (Å²) in [5.74, 6) is -1.63. The topological polar surface area (TPSA) is 105 Å². The molecule has 0 bridgehead atoms. The van der Waals surface area contributed by atoms with Crippen molar-refractivity contribution in [2.75, 3.05) is 5.73 Å². The highest BCUT2D eigenvalue weighted by molar-refractivity contribution is 6.07. The van der Waals surface area contributed by atoms with Crippen LogP contribution in [0.15, 0.2) is 30.7 Å². The molecule has 2 aromatic heterocycles. The van der Waals surface area contributed by atoms with Gasteiger partial charge in [-0.3, -0.25) is 0 Å². The minimum atomic E-state index is -1.10. The number of aromatic carboxylic acids is 1. The summed E-state index contributed by atoms with van der Waals surface area (Å²) in [5, 5.41) is 9.55. The molecule has 0 aliphatic rings. The highest BCUT2D eigenvalue weighted by Gasteiger charge is 2.17. The molecule has 100 valence electrons. The first-order valence-electron chi connectivity index (χ1n) is 5.68. The van der Waals surface area contributed by atoms with Crippen molar-refractivity contribution in [3.05, 3.63) is 42.1 Å². The first kappa shape index (κ1) is 12.1. The van der Waals surface area contributed by atoms with Crippen molar-refractivity contribution >= 4 is 22.7 Å². The number of fused-ring (bicyclic) bond motifs is 1. The number of hydrogen-bond acceptors (Lipinski definition) is 4. The molecule has 0 atom stereocenters. The van der Waals surface area contributed by atoms with Crippen LogP contribution in [0.1, 0.15) is 10.4 Å². The van der Waals surface area contributed by atoms with Crippen LogP contribution >= 0.6 is 0 Å². The van der Waals surface area contributed by atoms with Crippen LogP contribution in [0.4, 0.5) is 10.1 Å². The molecular weight excluding hydrogens is 263 g/mol. The number of nitrogen functional groups attached to an aromatic ring is 1. The number of nitrogens with two attached hydrogens (primary N) is 1.